The van der Waals surface area contributed by atoms with E-state index in [1.807, 2.05) is 30.3 Å². The minimum Gasteiger partial charge on any atom is -0.465 e. The molecule has 2 heterocycles. The number of esters is 1. The Hall–Kier alpha value is -1.44. The minimum atomic E-state index is -3.65. The van der Waals surface area contributed by atoms with Crippen LogP contribution in [0.1, 0.15) is 37.8 Å². The first-order valence-electron chi connectivity index (χ1n) is 8.06. The summed E-state index contributed by atoms with van der Waals surface area (Å²) in [7, 11) is -3.65. The van der Waals surface area contributed by atoms with Crippen LogP contribution in [0.15, 0.2) is 30.3 Å². The monoisotopic (exact) mass is 338 g/mol. The number of hydrogen-bond acceptors (Lipinski definition) is 4. The number of hydrogen-bond donors (Lipinski definition) is 0. The molecule has 3 rings (SSSR count). The topological polar surface area (TPSA) is 66.9 Å². The average Bonchev–Trinajstić information content (AvgIpc) is 2.97. The van der Waals surface area contributed by atoms with E-state index < -0.39 is 22.2 Å². The number of carbonyl (C=O) groups is 1. The van der Waals surface area contributed by atoms with Crippen molar-refractivity contribution in [3.8, 4) is 0 Å². The summed E-state index contributed by atoms with van der Waals surface area (Å²) in [6, 6.07) is 8.81. The Morgan fingerprint density at radius 3 is 2.52 bits per heavy atom. The van der Waals surface area contributed by atoms with Crippen molar-refractivity contribution in [2.75, 3.05) is 19.7 Å². The molecule has 126 valence electrons. The highest BCUT2D eigenvalue weighted by molar-refractivity contribution is 7.86. The van der Waals surface area contributed by atoms with Crippen molar-refractivity contribution in [3.05, 3.63) is 35.9 Å². The second-order valence-electron chi connectivity index (χ2n) is 5.85. The van der Waals surface area contributed by atoms with Gasteiger partial charge in [0.2, 0.25) is 0 Å². The summed E-state index contributed by atoms with van der Waals surface area (Å²) in [5, 5.41) is 0. The van der Waals surface area contributed by atoms with Gasteiger partial charge in [-0.3, -0.25) is 4.79 Å². The number of nitrogens with zero attached hydrogens (tertiary/aromatic N) is 2. The van der Waals surface area contributed by atoms with Crippen molar-refractivity contribution >= 4 is 16.2 Å². The van der Waals surface area contributed by atoms with Crippen LogP contribution in [0.3, 0.4) is 0 Å². The van der Waals surface area contributed by atoms with Crippen LogP contribution in [0.5, 0.6) is 0 Å². The largest absolute Gasteiger partial charge is 0.465 e. The Kier molecular flexibility index (Phi) is 4.70. The minimum absolute atomic E-state index is 0.135. The van der Waals surface area contributed by atoms with Gasteiger partial charge in [-0.1, -0.05) is 30.3 Å². The van der Waals surface area contributed by atoms with Gasteiger partial charge in [-0.25, -0.2) is 0 Å². The zero-order valence-electron chi connectivity index (χ0n) is 13.2. The third-order valence-corrected chi connectivity index (χ3v) is 6.57. The highest BCUT2D eigenvalue weighted by Crippen LogP contribution is 2.38. The quantitative estimate of drug-likeness (QED) is 0.767. The summed E-state index contributed by atoms with van der Waals surface area (Å²) in [5.41, 5.74) is 0.995. The van der Waals surface area contributed by atoms with Gasteiger partial charge in [-0.15, -0.1) is 0 Å². The van der Waals surface area contributed by atoms with Gasteiger partial charge in [0.1, 0.15) is 6.04 Å². The molecule has 7 heteroatoms. The Bertz CT molecular complexity index is 662. The summed E-state index contributed by atoms with van der Waals surface area (Å²) >= 11 is 0. The molecule has 1 aromatic carbocycles. The van der Waals surface area contributed by atoms with Gasteiger partial charge in [0, 0.05) is 13.1 Å². The molecule has 1 aromatic rings. The van der Waals surface area contributed by atoms with Crippen LogP contribution in [0.4, 0.5) is 0 Å². The molecule has 0 bridgehead atoms. The molecule has 0 saturated carbocycles. The van der Waals surface area contributed by atoms with Crippen LogP contribution < -0.4 is 0 Å². The standard InChI is InChI=1S/C16H22N2O4S/c1-2-22-16(19)15-9-6-11-17(15)23(20,21)18-12-10-14(18)13-7-4-3-5-8-13/h3-5,7-8,14-15H,2,6,9-12H2,1H3/t14-,15+/m1/s1. The lowest BCUT2D eigenvalue weighted by Gasteiger charge is -2.42. The maximum absolute atomic E-state index is 13.0. The van der Waals surface area contributed by atoms with E-state index in [0.29, 0.717) is 25.9 Å². The fraction of sp³-hybridized carbons (Fsp3) is 0.562. The number of benzene rings is 1. The number of ether oxygens (including phenoxy) is 1. The maximum atomic E-state index is 13.0. The first-order chi connectivity index (χ1) is 11.1. The molecule has 0 amide bonds. The van der Waals surface area contributed by atoms with E-state index in [1.54, 1.807) is 6.92 Å². The fourth-order valence-corrected chi connectivity index (χ4v) is 5.30. The third kappa shape index (κ3) is 3.00. The van der Waals surface area contributed by atoms with Crippen molar-refractivity contribution in [1.29, 1.82) is 0 Å². The molecule has 0 aromatic heterocycles. The van der Waals surface area contributed by atoms with Crippen LogP contribution in [-0.4, -0.2) is 48.7 Å². The van der Waals surface area contributed by atoms with E-state index in [2.05, 4.69) is 0 Å². The predicted molar refractivity (Wildman–Crippen MR) is 85.8 cm³/mol. The van der Waals surface area contributed by atoms with Crippen molar-refractivity contribution in [3.63, 3.8) is 0 Å². The molecule has 0 N–H and O–H groups in total. The first-order valence-corrected chi connectivity index (χ1v) is 9.45. The van der Waals surface area contributed by atoms with Gasteiger partial charge in [0.15, 0.2) is 0 Å². The third-order valence-electron chi connectivity index (χ3n) is 4.51. The van der Waals surface area contributed by atoms with Crippen LogP contribution in [0.25, 0.3) is 0 Å². The Morgan fingerprint density at radius 1 is 1.17 bits per heavy atom. The van der Waals surface area contributed by atoms with E-state index >= 15 is 0 Å². The predicted octanol–water partition coefficient (Wildman–Crippen LogP) is 1.71. The number of rotatable bonds is 5. The van der Waals surface area contributed by atoms with Crippen molar-refractivity contribution in [1.82, 2.24) is 8.61 Å². The summed E-state index contributed by atoms with van der Waals surface area (Å²) < 4.78 is 33.8. The molecule has 2 atom stereocenters. The molecule has 6 nitrogen and oxygen atoms in total. The SMILES string of the molecule is CCOC(=O)[C@@H]1CCCN1S(=O)(=O)N1CC[C@@H]1c1ccccc1. The molecule has 2 aliphatic heterocycles. The van der Waals surface area contributed by atoms with Gasteiger partial charge in [-0.2, -0.15) is 17.0 Å². The van der Waals surface area contributed by atoms with Crippen molar-refractivity contribution in [2.45, 2.75) is 38.3 Å². The van der Waals surface area contributed by atoms with Gasteiger partial charge in [-0.05, 0) is 31.7 Å². The molecule has 0 aliphatic carbocycles. The van der Waals surface area contributed by atoms with Gasteiger partial charge in [0.05, 0.1) is 12.6 Å². The van der Waals surface area contributed by atoms with Crippen molar-refractivity contribution in [2.24, 2.45) is 0 Å². The summed E-state index contributed by atoms with van der Waals surface area (Å²) in [6.07, 6.45) is 2.02. The van der Waals surface area contributed by atoms with E-state index in [4.69, 9.17) is 4.74 Å². The maximum Gasteiger partial charge on any atom is 0.324 e. The molecule has 0 radical (unpaired) electrons. The van der Waals surface area contributed by atoms with Crippen LogP contribution in [0, 0.1) is 0 Å². The lowest BCUT2D eigenvalue weighted by atomic mass is 9.98. The summed E-state index contributed by atoms with van der Waals surface area (Å²) in [5.74, 6) is -0.439. The smallest absolute Gasteiger partial charge is 0.324 e. The molecule has 0 spiro atoms. The van der Waals surface area contributed by atoms with Crippen LogP contribution in [-0.2, 0) is 19.7 Å². The van der Waals surface area contributed by atoms with E-state index in [0.717, 1.165) is 12.0 Å². The first kappa shape index (κ1) is 16.4. The highest BCUT2D eigenvalue weighted by atomic mass is 32.2. The van der Waals surface area contributed by atoms with Crippen LogP contribution in [0.2, 0.25) is 0 Å². The Balaban J connectivity index is 1.80. The Labute approximate surface area is 137 Å². The molecular weight excluding hydrogens is 316 g/mol. The van der Waals surface area contributed by atoms with Gasteiger partial charge < -0.3 is 4.74 Å². The summed E-state index contributed by atoms with van der Waals surface area (Å²) in [6.45, 7) is 2.86. The average molecular weight is 338 g/mol. The summed E-state index contributed by atoms with van der Waals surface area (Å²) in [4.78, 5) is 12.0. The van der Waals surface area contributed by atoms with Gasteiger partial charge >= 0.3 is 5.97 Å². The number of carbonyl (C=O) groups excluding carboxylic acids is 1. The molecule has 2 saturated heterocycles. The highest BCUT2D eigenvalue weighted by Gasteiger charge is 2.47. The zero-order valence-corrected chi connectivity index (χ0v) is 14.0. The second kappa shape index (κ2) is 6.59. The van der Waals surface area contributed by atoms with E-state index in [-0.39, 0.29) is 12.6 Å². The molecular formula is C16H22N2O4S. The Morgan fingerprint density at radius 2 is 1.91 bits per heavy atom. The normalized spacial score (nSPS) is 26.0. The molecule has 2 fully saturated rings. The second-order valence-corrected chi connectivity index (χ2v) is 7.69. The molecule has 23 heavy (non-hydrogen) atoms. The van der Waals surface area contributed by atoms with E-state index in [1.165, 1.54) is 8.61 Å². The van der Waals surface area contributed by atoms with Crippen LogP contribution >= 0.6 is 0 Å². The lowest BCUT2D eigenvalue weighted by Crippen LogP contribution is -2.54. The van der Waals surface area contributed by atoms with Crippen molar-refractivity contribution < 1.29 is 17.9 Å². The van der Waals surface area contributed by atoms with E-state index in [9.17, 15) is 13.2 Å². The lowest BCUT2D eigenvalue weighted by molar-refractivity contribution is -0.147. The molecule has 0 unspecified atom stereocenters. The molecule has 2 aliphatic rings. The van der Waals surface area contributed by atoms with Gasteiger partial charge in [0.25, 0.3) is 10.2 Å². The fourth-order valence-electron chi connectivity index (χ4n) is 3.27. The zero-order chi connectivity index (χ0) is 16.4.